The highest BCUT2D eigenvalue weighted by Gasteiger charge is 2.37. The summed E-state index contributed by atoms with van der Waals surface area (Å²) in [6, 6.07) is 13.7. The Morgan fingerprint density at radius 1 is 1.05 bits per heavy atom. The smallest absolute Gasteiger partial charge is 0.335 e. The number of hydrogen-bond acceptors (Lipinski definition) is 7. The van der Waals surface area contributed by atoms with Crippen molar-refractivity contribution in [3.8, 4) is 17.2 Å². The molecule has 5 amide bonds. The highest BCUT2D eigenvalue weighted by Crippen LogP contribution is 2.37. The van der Waals surface area contributed by atoms with Gasteiger partial charge in [-0.3, -0.25) is 19.7 Å². The third-order valence-electron chi connectivity index (χ3n) is 5.80. The normalized spacial score (nSPS) is 14.2. The van der Waals surface area contributed by atoms with Gasteiger partial charge < -0.3 is 19.5 Å². The van der Waals surface area contributed by atoms with Gasteiger partial charge in [-0.2, -0.15) is 0 Å². The number of barbiturate groups is 1. The van der Waals surface area contributed by atoms with Crippen molar-refractivity contribution in [3.05, 3.63) is 80.8 Å². The summed E-state index contributed by atoms with van der Waals surface area (Å²) in [4.78, 5) is 51.6. The van der Waals surface area contributed by atoms with Crippen molar-refractivity contribution >= 4 is 68.7 Å². The summed E-state index contributed by atoms with van der Waals surface area (Å²) < 4.78 is 16.6. The topological polar surface area (TPSA) is 123 Å². The fraction of sp³-hybridized carbons (Fsp3) is 0.143. The van der Waals surface area contributed by atoms with E-state index in [1.54, 1.807) is 56.5 Å². The van der Waals surface area contributed by atoms with Gasteiger partial charge in [-0.05, 0) is 88.6 Å². The molecule has 1 aliphatic heterocycles. The lowest BCUT2D eigenvalue weighted by Gasteiger charge is -2.26. The Hall–Kier alpha value is -4.35. The summed E-state index contributed by atoms with van der Waals surface area (Å²) in [5, 5.41) is 5.25. The molecule has 0 spiro atoms. The van der Waals surface area contributed by atoms with Crippen molar-refractivity contribution in [2.45, 2.75) is 6.92 Å². The van der Waals surface area contributed by atoms with Gasteiger partial charge in [0.05, 0.1) is 24.4 Å². The Labute approximate surface area is 243 Å². The van der Waals surface area contributed by atoms with E-state index in [9.17, 15) is 19.2 Å². The van der Waals surface area contributed by atoms with Crippen LogP contribution in [0.3, 0.4) is 0 Å². The first kappa shape index (κ1) is 28.7. The van der Waals surface area contributed by atoms with Crippen LogP contribution in [0.2, 0.25) is 5.02 Å². The average molecular weight is 629 g/mol. The molecular formula is C28H23BrClN3O7. The quantitative estimate of drug-likeness (QED) is 0.263. The number of halogens is 2. The van der Waals surface area contributed by atoms with Crippen LogP contribution in [0.1, 0.15) is 11.1 Å². The van der Waals surface area contributed by atoms with Gasteiger partial charge in [0.2, 0.25) is 0 Å². The van der Waals surface area contributed by atoms with E-state index in [1.807, 2.05) is 0 Å². The summed E-state index contributed by atoms with van der Waals surface area (Å²) in [5.41, 5.74) is 1.66. The zero-order chi connectivity index (χ0) is 29.0. The maximum Gasteiger partial charge on any atom is 0.335 e. The number of imide groups is 2. The minimum absolute atomic E-state index is 0.215. The highest BCUT2D eigenvalue weighted by molar-refractivity contribution is 9.10. The van der Waals surface area contributed by atoms with Crippen LogP contribution >= 0.6 is 27.5 Å². The van der Waals surface area contributed by atoms with Gasteiger partial charge in [0.25, 0.3) is 17.7 Å². The number of urea groups is 1. The molecule has 206 valence electrons. The van der Waals surface area contributed by atoms with Gasteiger partial charge in [0, 0.05) is 10.7 Å². The third-order valence-corrected chi connectivity index (χ3v) is 6.80. The van der Waals surface area contributed by atoms with Crippen molar-refractivity contribution < 1.29 is 33.4 Å². The summed E-state index contributed by atoms with van der Waals surface area (Å²) >= 11 is 9.57. The van der Waals surface area contributed by atoms with Crippen LogP contribution in [0.5, 0.6) is 17.2 Å². The van der Waals surface area contributed by atoms with Crippen molar-refractivity contribution in [2.75, 3.05) is 31.0 Å². The second kappa shape index (κ2) is 12.2. The number of anilines is 2. The molecule has 0 aliphatic carbocycles. The van der Waals surface area contributed by atoms with Crippen LogP contribution in [0.15, 0.2) is 64.6 Å². The van der Waals surface area contributed by atoms with Gasteiger partial charge in [-0.1, -0.05) is 17.7 Å². The fourth-order valence-electron chi connectivity index (χ4n) is 3.75. The summed E-state index contributed by atoms with van der Waals surface area (Å²) in [5.74, 6) is -0.949. The summed E-state index contributed by atoms with van der Waals surface area (Å²) in [6.45, 7) is 1.46. The minimum Gasteiger partial charge on any atom is -0.497 e. The molecule has 0 radical (unpaired) electrons. The minimum atomic E-state index is -0.887. The lowest BCUT2D eigenvalue weighted by Crippen LogP contribution is -2.54. The first-order valence-electron chi connectivity index (χ1n) is 11.7. The molecule has 1 heterocycles. The molecule has 0 atom stereocenters. The first-order valence-corrected chi connectivity index (χ1v) is 12.9. The number of carbonyl (C=O) groups excluding carboxylic acids is 4. The second-order valence-corrected chi connectivity index (χ2v) is 9.75. The largest absolute Gasteiger partial charge is 0.497 e. The van der Waals surface area contributed by atoms with Crippen molar-refractivity contribution in [3.63, 3.8) is 0 Å². The van der Waals surface area contributed by atoms with Gasteiger partial charge in [0.1, 0.15) is 11.3 Å². The lowest BCUT2D eigenvalue weighted by molar-refractivity contribution is -0.122. The Kier molecular flexibility index (Phi) is 8.76. The molecule has 0 aromatic heterocycles. The maximum atomic E-state index is 13.2. The van der Waals surface area contributed by atoms with E-state index in [-0.39, 0.29) is 29.4 Å². The van der Waals surface area contributed by atoms with Crippen LogP contribution in [0.4, 0.5) is 16.2 Å². The van der Waals surface area contributed by atoms with E-state index in [4.69, 9.17) is 25.8 Å². The second-order valence-electron chi connectivity index (χ2n) is 8.49. The molecule has 40 heavy (non-hydrogen) atoms. The molecule has 10 nitrogen and oxygen atoms in total. The molecular weight excluding hydrogens is 606 g/mol. The molecule has 0 bridgehead atoms. The maximum absolute atomic E-state index is 13.2. The van der Waals surface area contributed by atoms with Crippen molar-refractivity contribution in [2.24, 2.45) is 0 Å². The zero-order valence-corrected chi connectivity index (χ0v) is 23.9. The molecule has 0 saturated carbocycles. The number of ether oxygens (including phenoxy) is 3. The molecule has 3 aromatic carbocycles. The standard InChI is InChI=1S/C28H23BrClN3O7/c1-15-4-7-18(13-22(15)30)33-27(36)20(26(35)32-28(33)37)10-16-11-21(29)25(23(12-16)39-3)40-14-24(34)31-17-5-8-19(38-2)9-6-17/h4-13H,14H2,1-3H3,(H,31,34)(H,32,35,37)/b20-10+. The molecule has 1 fully saturated rings. The fourth-order valence-corrected chi connectivity index (χ4v) is 4.50. The van der Waals surface area contributed by atoms with Crippen LogP contribution in [-0.4, -0.2) is 44.6 Å². The number of hydrogen-bond donors (Lipinski definition) is 2. The number of carbonyl (C=O) groups is 4. The van der Waals surface area contributed by atoms with Gasteiger partial charge >= 0.3 is 6.03 Å². The van der Waals surface area contributed by atoms with E-state index in [1.165, 1.54) is 25.3 Å². The van der Waals surface area contributed by atoms with E-state index in [2.05, 4.69) is 26.6 Å². The SMILES string of the molecule is COc1ccc(NC(=O)COc2c(Br)cc(/C=C3\C(=O)NC(=O)N(c4ccc(C)c(Cl)c4)C3=O)cc2OC)cc1. The van der Waals surface area contributed by atoms with E-state index in [0.29, 0.717) is 26.5 Å². The molecule has 4 rings (SSSR count). The third kappa shape index (κ3) is 6.27. The van der Waals surface area contributed by atoms with Crippen LogP contribution in [0.25, 0.3) is 6.08 Å². The average Bonchev–Trinajstić information content (AvgIpc) is 2.92. The number of aryl methyl sites for hydroxylation is 1. The molecule has 0 unspecified atom stereocenters. The van der Waals surface area contributed by atoms with Crippen molar-refractivity contribution in [1.82, 2.24) is 5.32 Å². The van der Waals surface area contributed by atoms with Crippen LogP contribution in [0, 0.1) is 6.92 Å². The highest BCUT2D eigenvalue weighted by atomic mass is 79.9. The molecule has 1 saturated heterocycles. The number of benzene rings is 3. The summed E-state index contributed by atoms with van der Waals surface area (Å²) in [6.07, 6.45) is 1.32. The lowest BCUT2D eigenvalue weighted by atomic mass is 10.1. The molecule has 1 aliphatic rings. The zero-order valence-electron chi connectivity index (χ0n) is 21.5. The van der Waals surface area contributed by atoms with Gasteiger partial charge in [-0.15, -0.1) is 0 Å². The van der Waals surface area contributed by atoms with Crippen LogP contribution in [-0.2, 0) is 14.4 Å². The number of amides is 5. The molecule has 2 N–H and O–H groups in total. The Morgan fingerprint density at radius 2 is 1.77 bits per heavy atom. The van der Waals surface area contributed by atoms with Gasteiger partial charge in [0.15, 0.2) is 18.1 Å². The van der Waals surface area contributed by atoms with Gasteiger partial charge in [-0.25, -0.2) is 9.69 Å². The monoisotopic (exact) mass is 627 g/mol. The molecule has 3 aromatic rings. The van der Waals surface area contributed by atoms with Crippen molar-refractivity contribution in [1.29, 1.82) is 0 Å². The van der Waals surface area contributed by atoms with Crippen LogP contribution < -0.4 is 29.7 Å². The van der Waals surface area contributed by atoms with E-state index >= 15 is 0 Å². The Bertz CT molecular complexity index is 1540. The van der Waals surface area contributed by atoms with E-state index in [0.717, 1.165) is 10.5 Å². The number of nitrogens with zero attached hydrogens (tertiary/aromatic N) is 1. The Balaban J connectivity index is 1.54. The molecule has 12 heteroatoms. The Morgan fingerprint density at radius 3 is 2.42 bits per heavy atom. The van der Waals surface area contributed by atoms with E-state index < -0.39 is 23.8 Å². The predicted octanol–water partition coefficient (Wildman–Crippen LogP) is 5.11. The predicted molar refractivity (Wildman–Crippen MR) is 153 cm³/mol. The summed E-state index contributed by atoms with van der Waals surface area (Å²) in [7, 11) is 2.95. The number of methoxy groups -OCH3 is 2. The number of rotatable bonds is 8. The first-order chi connectivity index (χ1) is 19.1. The number of nitrogens with one attached hydrogen (secondary N) is 2.